The van der Waals surface area contributed by atoms with Gasteiger partial charge in [-0.25, -0.2) is 0 Å². The average Bonchev–Trinajstić information content (AvgIpc) is 2.49. The van der Waals surface area contributed by atoms with Gasteiger partial charge in [0.2, 0.25) is 5.91 Å². The van der Waals surface area contributed by atoms with Crippen molar-refractivity contribution in [1.82, 2.24) is 0 Å². The number of nitrogens with one attached hydrogen (secondary N) is 1. The standard InChI is InChI=1S/C16H15ClN2O2/c17-13-6-4-11(5-7-13)8-16(21)19-14-3-1-2-12(9-14)15(20)10-18/h1-7,9H,8,10,18H2,(H,19,21). The van der Waals surface area contributed by atoms with Crippen LogP contribution in [-0.4, -0.2) is 18.2 Å². The highest BCUT2D eigenvalue weighted by molar-refractivity contribution is 6.30. The van der Waals surface area contributed by atoms with Gasteiger partial charge in [0.1, 0.15) is 0 Å². The minimum absolute atomic E-state index is 0.0534. The normalized spacial score (nSPS) is 10.2. The predicted molar refractivity (Wildman–Crippen MR) is 83.6 cm³/mol. The lowest BCUT2D eigenvalue weighted by Crippen LogP contribution is -2.16. The lowest BCUT2D eigenvalue weighted by Gasteiger charge is -2.07. The van der Waals surface area contributed by atoms with Crippen LogP contribution in [0.1, 0.15) is 15.9 Å². The van der Waals surface area contributed by atoms with Crippen molar-refractivity contribution >= 4 is 29.0 Å². The lowest BCUT2D eigenvalue weighted by molar-refractivity contribution is -0.115. The van der Waals surface area contributed by atoms with Crippen molar-refractivity contribution in [2.24, 2.45) is 5.73 Å². The zero-order chi connectivity index (χ0) is 15.2. The molecule has 3 N–H and O–H groups in total. The molecule has 0 atom stereocenters. The van der Waals surface area contributed by atoms with E-state index >= 15 is 0 Å². The lowest BCUT2D eigenvalue weighted by atomic mass is 10.1. The highest BCUT2D eigenvalue weighted by atomic mass is 35.5. The molecule has 0 unspecified atom stereocenters. The molecule has 2 aromatic rings. The quantitative estimate of drug-likeness (QED) is 0.834. The van der Waals surface area contributed by atoms with Gasteiger partial charge in [-0.05, 0) is 29.8 Å². The molecule has 4 nitrogen and oxygen atoms in total. The summed E-state index contributed by atoms with van der Waals surface area (Å²) in [7, 11) is 0. The Hall–Kier alpha value is -2.17. The summed E-state index contributed by atoms with van der Waals surface area (Å²) in [6.45, 7) is -0.0534. The van der Waals surface area contributed by atoms with Gasteiger partial charge in [-0.3, -0.25) is 9.59 Å². The zero-order valence-corrected chi connectivity index (χ0v) is 12.1. The van der Waals surface area contributed by atoms with Crippen LogP contribution in [0.3, 0.4) is 0 Å². The minimum atomic E-state index is -0.163. The molecule has 21 heavy (non-hydrogen) atoms. The largest absolute Gasteiger partial charge is 0.326 e. The highest BCUT2D eigenvalue weighted by Gasteiger charge is 2.07. The number of benzene rings is 2. The second kappa shape index (κ2) is 7.02. The fraction of sp³-hybridized carbons (Fsp3) is 0.125. The fourth-order valence-corrected chi connectivity index (χ4v) is 2.01. The van der Waals surface area contributed by atoms with Crippen LogP contribution >= 0.6 is 11.6 Å². The maximum Gasteiger partial charge on any atom is 0.228 e. The van der Waals surface area contributed by atoms with Crippen molar-refractivity contribution in [3.63, 3.8) is 0 Å². The molecular weight excluding hydrogens is 288 g/mol. The molecule has 0 heterocycles. The van der Waals surface area contributed by atoms with Gasteiger partial charge in [-0.2, -0.15) is 0 Å². The molecule has 0 radical (unpaired) electrons. The Bertz CT molecular complexity index is 654. The van der Waals surface area contributed by atoms with Crippen LogP contribution in [0.4, 0.5) is 5.69 Å². The van der Waals surface area contributed by atoms with Crippen molar-refractivity contribution in [1.29, 1.82) is 0 Å². The van der Waals surface area contributed by atoms with E-state index in [-0.39, 0.29) is 24.7 Å². The molecule has 5 heteroatoms. The summed E-state index contributed by atoms with van der Waals surface area (Å²) in [6, 6.07) is 13.8. The van der Waals surface area contributed by atoms with E-state index in [9.17, 15) is 9.59 Å². The summed E-state index contributed by atoms with van der Waals surface area (Å²) in [4.78, 5) is 23.5. The molecule has 0 aliphatic heterocycles. The van der Waals surface area contributed by atoms with Crippen molar-refractivity contribution in [2.45, 2.75) is 6.42 Å². The van der Waals surface area contributed by atoms with E-state index in [0.717, 1.165) is 5.56 Å². The summed E-state index contributed by atoms with van der Waals surface area (Å²) in [5, 5.41) is 3.39. The van der Waals surface area contributed by atoms with Gasteiger partial charge in [0.15, 0.2) is 5.78 Å². The molecular formula is C16H15ClN2O2. The number of nitrogens with two attached hydrogens (primary N) is 1. The van der Waals surface area contributed by atoms with Gasteiger partial charge in [0, 0.05) is 16.3 Å². The summed E-state index contributed by atoms with van der Waals surface area (Å²) in [5.41, 5.74) is 7.25. The Morgan fingerprint density at radius 1 is 1.10 bits per heavy atom. The molecule has 0 bridgehead atoms. The fourth-order valence-electron chi connectivity index (χ4n) is 1.88. The van der Waals surface area contributed by atoms with Gasteiger partial charge in [-0.1, -0.05) is 35.9 Å². The molecule has 0 saturated heterocycles. The van der Waals surface area contributed by atoms with E-state index in [0.29, 0.717) is 16.3 Å². The molecule has 2 rings (SSSR count). The number of amides is 1. The monoisotopic (exact) mass is 302 g/mol. The van der Waals surface area contributed by atoms with E-state index in [1.54, 1.807) is 48.5 Å². The number of rotatable bonds is 5. The molecule has 0 aromatic heterocycles. The van der Waals surface area contributed by atoms with E-state index in [1.165, 1.54) is 0 Å². The third-order valence-electron chi connectivity index (χ3n) is 2.93. The molecule has 0 fully saturated rings. The Kier molecular flexibility index (Phi) is 5.09. The summed E-state index contributed by atoms with van der Waals surface area (Å²) >= 11 is 5.80. The number of carbonyl (C=O) groups excluding carboxylic acids is 2. The third-order valence-corrected chi connectivity index (χ3v) is 3.18. The summed E-state index contributed by atoms with van der Waals surface area (Å²) < 4.78 is 0. The Labute approximate surface area is 127 Å². The number of anilines is 1. The number of ketones is 1. The number of Topliss-reactive ketones (excluding diaryl/α,β-unsaturated/α-hetero) is 1. The first-order chi connectivity index (χ1) is 10.1. The van der Waals surface area contributed by atoms with E-state index in [4.69, 9.17) is 17.3 Å². The molecule has 2 aromatic carbocycles. The molecule has 0 saturated carbocycles. The average molecular weight is 303 g/mol. The van der Waals surface area contributed by atoms with Gasteiger partial charge in [-0.15, -0.1) is 0 Å². The van der Waals surface area contributed by atoms with Crippen LogP contribution in [0.25, 0.3) is 0 Å². The van der Waals surface area contributed by atoms with Gasteiger partial charge in [0.25, 0.3) is 0 Å². The van der Waals surface area contributed by atoms with Crippen LogP contribution in [0, 0.1) is 0 Å². The van der Waals surface area contributed by atoms with Crippen molar-refractivity contribution in [2.75, 3.05) is 11.9 Å². The smallest absolute Gasteiger partial charge is 0.228 e. The third kappa shape index (κ3) is 4.41. The molecule has 108 valence electrons. The van der Waals surface area contributed by atoms with Gasteiger partial charge >= 0.3 is 0 Å². The Morgan fingerprint density at radius 2 is 1.81 bits per heavy atom. The van der Waals surface area contributed by atoms with Crippen molar-refractivity contribution < 1.29 is 9.59 Å². The van der Waals surface area contributed by atoms with Gasteiger partial charge < -0.3 is 11.1 Å². The minimum Gasteiger partial charge on any atom is -0.326 e. The van der Waals surface area contributed by atoms with Crippen LogP contribution in [0.15, 0.2) is 48.5 Å². The molecule has 0 spiro atoms. The van der Waals surface area contributed by atoms with Gasteiger partial charge in [0.05, 0.1) is 13.0 Å². The van der Waals surface area contributed by atoms with Crippen LogP contribution in [0.5, 0.6) is 0 Å². The second-order valence-electron chi connectivity index (χ2n) is 4.56. The first-order valence-corrected chi connectivity index (χ1v) is 6.84. The number of carbonyl (C=O) groups is 2. The first kappa shape index (κ1) is 15.2. The van der Waals surface area contributed by atoms with Crippen LogP contribution < -0.4 is 11.1 Å². The topological polar surface area (TPSA) is 72.2 Å². The second-order valence-corrected chi connectivity index (χ2v) is 5.00. The SMILES string of the molecule is NCC(=O)c1cccc(NC(=O)Cc2ccc(Cl)cc2)c1. The van der Waals surface area contributed by atoms with Crippen LogP contribution in [0.2, 0.25) is 5.02 Å². The molecule has 0 aliphatic rings. The number of hydrogen-bond acceptors (Lipinski definition) is 3. The van der Waals surface area contributed by atoms with E-state index < -0.39 is 0 Å². The molecule has 1 amide bonds. The number of halogens is 1. The van der Waals surface area contributed by atoms with Crippen molar-refractivity contribution in [3.8, 4) is 0 Å². The number of hydrogen-bond donors (Lipinski definition) is 2. The summed E-state index contributed by atoms with van der Waals surface area (Å²) in [5.74, 6) is -0.321. The maximum atomic E-state index is 12.0. The molecule has 0 aliphatic carbocycles. The highest BCUT2D eigenvalue weighted by Crippen LogP contribution is 2.13. The van der Waals surface area contributed by atoms with E-state index in [2.05, 4.69) is 5.32 Å². The van der Waals surface area contributed by atoms with Crippen molar-refractivity contribution in [3.05, 3.63) is 64.7 Å². The van der Waals surface area contributed by atoms with Crippen LogP contribution in [-0.2, 0) is 11.2 Å². The zero-order valence-electron chi connectivity index (χ0n) is 11.3. The predicted octanol–water partition coefficient (Wildman–Crippen LogP) is 2.66. The summed E-state index contributed by atoms with van der Waals surface area (Å²) in [6.07, 6.45) is 0.242. The maximum absolute atomic E-state index is 12.0. The first-order valence-electron chi connectivity index (χ1n) is 6.46. The van der Waals surface area contributed by atoms with E-state index in [1.807, 2.05) is 0 Å². The Morgan fingerprint density at radius 3 is 2.48 bits per heavy atom. The Balaban J connectivity index is 2.02.